The van der Waals surface area contributed by atoms with Crippen molar-refractivity contribution in [3.05, 3.63) is 42.5 Å². The molecule has 0 radical (unpaired) electrons. The summed E-state index contributed by atoms with van der Waals surface area (Å²) in [6.45, 7) is 0.903. The molecule has 0 atom stereocenters. The molecule has 0 saturated heterocycles. The van der Waals surface area contributed by atoms with Gasteiger partial charge >= 0.3 is 0 Å². The van der Waals surface area contributed by atoms with Gasteiger partial charge in [0.2, 0.25) is 0 Å². The minimum absolute atomic E-state index is 0.872. The molecule has 2 nitrogen and oxygen atoms in total. The number of hydrogen-bond acceptors (Lipinski definition) is 2. The van der Waals surface area contributed by atoms with Gasteiger partial charge in [0.1, 0.15) is 5.75 Å². The van der Waals surface area contributed by atoms with E-state index in [0.29, 0.717) is 0 Å². The summed E-state index contributed by atoms with van der Waals surface area (Å²) >= 11 is 0. The van der Waals surface area contributed by atoms with Crippen LogP contribution in [-0.4, -0.2) is 12.4 Å². The molecular formula is C14H13NO. The maximum absolute atomic E-state index is 5.84. The standard InChI is InChI=1S/C14H13NO/c1-2-7-12-11(5-1)6-3-8-13(12)16-14-9-4-10-15-14/h1-3,5-8H,4,9-10H2. The third-order valence-electron chi connectivity index (χ3n) is 2.81. The first-order chi connectivity index (χ1) is 7.93. The van der Waals surface area contributed by atoms with E-state index in [1.165, 1.54) is 5.39 Å². The minimum atomic E-state index is 0.872. The molecule has 2 aromatic rings. The van der Waals surface area contributed by atoms with E-state index in [0.717, 1.165) is 36.4 Å². The molecule has 0 amide bonds. The molecule has 2 heteroatoms. The van der Waals surface area contributed by atoms with Gasteiger partial charge in [-0.3, -0.25) is 4.99 Å². The Kier molecular flexibility index (Phi) is 2.33. The zero-order chi connectivity index (χ0) is 10.8. The highest BCUT2D eigenvalue weighted by Crippen LogP contribution is 2.26. The quantitative estimate of drug-likeness (QED) is 0.708. The second-order valence-electron chi connectivity index (χ2n) is 3.96. The fourth-order valence-electron chi connectivity index (χ4n) is 2.01. The second kappa shape index (κ2) is 3.97. The third-order valence-corrected chi connectivity index (χ3v) is 2.81. The molecule has 3 rings (SSSR count). The molecule has 2 aromatic carbocycles. The summed E-state index contributed by atoms with van der Waals surface area (Å²) in [6, 6.07) is 14.4. The van der Waals surface area contributed by atoms with E-state index in [1.807, 2.05) is 24.3 Å². The van der Waals surface area contributed by atoms with Crippen LogP contribution in [0.25, 0.3) is 10.8 Å². The van der Waals surface area contributed by atoms with E-state index in [-0.39, 0.29) is 0 Å². The van der Waals surface area contributed by atoms with Crippen LogP contribution < -0.4 is 4.74 Å². The first-order valence-corrected chi connectivity index (χ1v) is 5.62. The van der Waals surface area contributed by atoms with Gasteiger partial charge in [-0.15, -0.1) is 0 Å². The lowest BCUT2D eigenvalue weighted by Crippen LogP contribution is -2.04. The molecule has 1 aliphatic rings. The van der Waals surface area contributed by atoms with Crippen molar-refractivity contribution in [3.63, 3.8) is 0 Å². The van der Waals surface area contributed by atoms with Crippen LogP contribution in [0.4, 0.5) is 0 Å². The van der Waals surface area contributed by atoms with Gasteiger partial charge in [0, 0.05) is 18.4 Å². The lowest BCUT2D eigenvalue weighted by atomic mass is 10.1. The molecule has 16 heavy (non-hydrogen) atoms. The Morgan fingerprint density at radius 1 is 1.00 bits per heavy atom. The van der Waals surface area contributed by atoms with Crippen molar-refractivity contribution >= 4 is 16.7 Å². The molecule has 0 aromatic heterocycles. The van der Waals surface area contributed by atoms with Crippen LogP contribution >= 0.6 is 0 Å². The normalized spacial score (nSPS) is 15.1. The molecule has 0 aliphatic carbocycles. The molecule has 0 saturated carbocycles. The van der Waals surface area contributed by atoms with Crippen LogP contribution in [0.2, 0.25) is 0 Å². The smallest absolute Gasteiger partial charge is 0.190 e. The van der Waals surface area contributed by atoms with Crippen LogP contribution in [0.5, 0.6) is 5.75 Å². The average Bonchev–Trinajstić information content (AvgIpc) is 2.82. The molecule has 1 heterocycles. The van der Waals surface area contributed by atoms with E-state index in [2.05, 4.69) is 23.2 Å². The first kappa shape index (κ1) is 9.40. The highest BCUT2D eigenvalue weighted by atomic mass is 16.5. The minimum Gasteiger partial charge on any atom is -0.443 e. The predicted molar refractivity (Wildman–Crippen MR) is 66.1 cm³/mol. The summed E-state index contributed by atoms with van der Waals surface area (Å²) in [5.41, 5.74) is 0. The number of rotatable bonds is 1. The van der Waals surface area contributed by atoms with Gasteiger partial charge in [-0.05, 0) is 17.9 Å². The fraction of sp³-hybridized carbons (Fsp3) is 0.214. The fourth-order valence-corrected chi connectivity index (χ4v) is 2.01. The number of ether oxygens (including phenoxy) is 1. The van der Waals surface area contributed by atoms with Crippen LogP contribution in [0.1, 0.15) is 12.8 Å². The van der Waals surface area contributed by atoms with Crippen LogP contribution in [0.3, 0.4) is 0 Å². The first-order valence-electron chi connectivity index (χ1n) is 5.62. The highest BCUT2D eigenvalue weighted by Gasteiger charge is 2.09. The lowest BCUT2D eigenvalue weighted by Gasteiger charge is -2.07. The molecule has 0 N–H and O–H groups in total. The Morgan fingerprint density at radius 2 is 1.88 bits per heavy atom. The lowest BCUT2D eigenvalue weighted by molar-refractivity contribution is 0.546. The third kappa shape index (κ3) is 1.67. The highest BCUT2D eigenvalue weighted by molar-refractivity contribution is 5.91. The van der Waals surface area contributed by atoms with Crippen molar-refractivity contribution in [1.82, 2.24) is 0 Å². The topological polar surface area (TPSA) is 21.6 Å². The molecular weight excluding hydrogens is 198 g/mol. The maximum Gasteiger partial charge on any atom is 0.190 e. The van der Waals surface area contributed by atoms with Crippen molar-refractivity contribution in [2.45, 2.75) is 12.8 Å². The molecule has 0 bridgehead atoms. The van der Waals surface area contributed by atoms with Crippen molar-refractivity contribution in [1.29, 1.82) is 0 Å². The molecule has 0 spiro atoms. The summed E-state index contributed by atoms with van der Waals surface area (Å²) in [5.74, 6) is 1.79. The van der Waals surface area contributed by atoms with Crippen LogP contribution in [0.15, 0.2) is 47.5 Å². The van der Waals surface area contributed by atoms with Gasteiger partial charge in [0.05, 0.1) is 0 Å². The van der Waals surface area contributed by atoms with Gasteiger partial charge < -0.3 is 4.74 Å². The van der Waals surface area contributed by atoms with Gasteiger partial charge in [-0.2, -0.15) is 0 Å². The van der Waals surface area contributed by atoms with E-state index in [1.54, 1.807) is 0 Å². The van der Waals surface area contributed by atoms with Gasteiger partial charge in [-0.25, -0.2) is 0 Å². The van der Waals surface area contributed by atoms with E-state index < -0.39 is 0 Å². The molecule has 1 aliphatic heterocycles. The van der Waals surface area contributed by atoms with E-state index in [9.17, 15) is 0 Å². The van der Waals surface area contributed by atoms with Crippen molar-refractivity contribution in [3.8, 4) is 5.75 Å². The number of benzene rings is 2. The molecule has 80 valence electrons. The summed E-state index contributed by atoms with van der Waals surface area (Å²) in [6.07, 6.45) is 2.07. The molecule has 0 unspecified atom stereocenters. The Bertz CT molecular complexity index is 540. The van der Waals surface area contributed by atoms with Crippen LogP contribution in [-0.2, 0) is 0 Å². The van der Waals surface area contributed by atoms with E-state index >= 15 is 0 Å². The van der Waals surface area contributed by atoms with Gasteiger partial charge in [0.25, 0.3) is 0 Å². The Labute approximate surface area is 94.6 Å². The van der Waals surface area contributed by atoms with Crippen molar-refractivity contribution in [2.75, 3.05) is 6.54 Å². The zero-order valence-corrected chi connectivity index (χ0v) is 9.02. The Morgan fingerprint density at radius 3 is 2.75 bits per heavy atom. The number of hydrogen-bond donors (Lipinski definition) is 0. The Balaban J connectivity index is 2.02. The van der Waals surface area contributed by atoms with E-state index in [4.69, 9.17) is 4.74 Å². The largest absolute Gasteiger partial charge is 0.443 e. The van der Waals surface area contributed by atoms with Gasteiger partial charge in [0.15, 0.2) is 5.90 Å². The average molecular weight is 211 g/mol. The Hall–Kier alpha value is -1.83. The van der Waals surface area contributed by atoms with Gasteiger partial charge in [-0.1, -0.05) is 36.4 Å². The monoisotopic (exact) mass is 211 g/mol. The van der Waals surface area contributed by atoms with Crippen molar-refractivity contribution < 1.29 is 4.74 Å². The predicted octanol–water partition coefficient (Wildman–Crippen LogP) is 3.41. The summed E-state index contributed by atoms with van der Waals surface area (Å²) in [4.78, 5) is 4.33. The summed E-state index contributed by atoms with van der Waals surface area (Å²) in [7, 11) is 0. The zero-order valence-electron chi connectivity index (χ0n) is 9.02. The van der Waals surface area contributed by atoms with Crippen LogP contribution in [0, 0.1) is 0 Å². The number of aliphatic imine (C=N–C) groups is 1. The number of fused-ring (bicyclic) bond motifs is 1. The van der Waals surface area contributed by atoms with Crippen molar-refractivity contribution in [2.24, 2.45) is 4.99 Å². The molecule has 0 fully saturated rings. The maximum atomic E-state index is 5.84. The number of nitrogens with zero attached hydrogens (tertiary/aromatic N) is 1. The summed E-state index contributed by atoms with van der Waals surface area (Å²) in [5, 5.41) is 2.36. The SMILES string of the molecule is c1ccc2c(OC3=NCCC3)cccc2c1. The summed E-state index contributed by atoms with van der Waals surface area (Å²) < 4.78 is 5.84. The second-order valence-corrected chi connectivity index (χ2v) is 3.96.